The molecule has 11 heteroatoms. The van der Waals surface area contributed by atoms with Crippen LogP contribution in [0.3, 0.4) is 0 Å². The highest BCUT2D eigenvalue weighted by Gasteiger charge is 2.38. The number of alkyl halides is 9. The third kappa shape index (κ3) is 5.12. The van der Waals surface area contributed by atoms with E-state index >= 15 is 0 Å². The lowest BCUT2D eigenvalue weighted by molar-refractivity contribution is -0.143. The first kappa shape index (κ1) is 18.2. The Bertz CT molecular complexity index is 517. The Kier molecular flexibility index (Phi) is 4.97. The molecular formula is C10H4Cl3F6NO. The second-order valence-corrected chi connectivity index (χ2v) is 6.03. The van der Waals surface area contributed by atoms with Crippen LogP contribution in [-0.2, 0) is 17.1 Å². The molecule has 0 saturated heterocycles. The number of amides is 1. The lowest BCUT2D eigenvalue weighted by Crippen LogP contribution is -2.27. The van der Waals surface area contributed by atoms with Crippen LogP contribution in [0.25, 0.3) is 0 Å². The van der Waals surface area contributed by atoms with Crippen molar-refractivity contribution >= 4 is 46.4 Å². The van der Waals surface area contributed by atoms with Crippen molar-refractivity contribution in [2.45, 2.75) is 16.1 Å². The quantitative estimate of drug-likeness (QED) is 0.542. The Hall–Kier alpha value is -0.860. The van der Waals surface area contributed by atoms with Crippen molar-refractivity contribution in [3.63, 3.8) is 0 Å². The zero-order valence-electron chi connectivity index (χ0n) is 9.54. The molecule has 0 aliphatic rings. The van der Waals surface area contributed by atoms with Gasteiger partial charge in [-0.25, -0.2) is 0 Å². The van der Waals surface area contributed by atoms with Crippen LogP contribution >= 0.6 is 34.8 Å². The van der Waals surface area contributed by atoms with Gasteiger partial charge in [0, 0.05) is 5.69 Å². The van der Waals surface area contributed by atoms with E-state index < -0.39 is 38.9 Å². The summed E-state index contributed by atoms with van der Waals surface area (Å²) >= 11 is 15.5. The molecule has 0 spiro atoms. The van der Waals surface area contributed by atoms with Crippen LogP contribution in [0, 0.1) is 0 Å². The lowest BCUT2D eigenvalue weighted by atomic mass is 10.1. The zero-order valence-corrected chi connectivity index (χ0v) is 11.8. The van der Waals surface area contributed by atoms with Gasteiger partial charge in [0.1, 0.15) is 0 Å². The van der Waals surface area contributed by atoms with Crippen LogP contribution in [-0.4, -0.2) is 9.70 Å². The van der Waals surface area contributed by atoms with Crippen molar-refractivity contribution in [3.8, 4) is 0 Å². The summed E-state index contributed by atoms with van der Waals surface area (Å²) in [6.45, 7) is 0. The van der Waals surface area contributed by atoms with Crippen molar-refractivity contribution in [3.05, 3.63) is 29.3 Å². The first-order valence-corrected chi connectivity index (χ1v) is 6.02. The molecule has 0 saturated carbocycles. The Labute approximate surface area is 129 Å². The molecule has 1 amide bonds. The molecule has 2 nitrogen and oxygen atoms in total. The minimum Gasteiger partial charge on any atom is -0.322 e. The van der Waals surface area contributed by atoms with E-state index in [2.05, 4.69) is 0 Å². The number of carbonyl (C=O) groups excluding carboxylic acids is 1. The minimum absolute atomic E-state index is 0.0923. The van der Waals surface area contributed by atoms with E-state index in [0.717, 1.165) is 0 Å². The molecule has 0 fully saturated rings. The van der Waals surface area contributed by atoms with E-state index in [1.807, 2.05) is 0 Å². The standard InChI is InChI=1S/C10H4Cl3F6NO/c11-8(12,13)7(21)20-6-2-4(9(14,15)16)1-5(3-6)10(17,18)19/h1-3H,(H,20,21). The Morgan fingerprint density at radius 1 is 0.857 bits per heavy atom. The van der Waals surface area contributed by atoms with Gasteiger partial charge in [0.15, 0.2) is 0 Å². The van der Waals surface area contributed by atoms with Gasteiger partial charge in [0.25, 0.3) is 9.70 Å². The number of hydrogen-bond donors (Lipinski definition) is 1. The van der Waals surface area contributed by atoms with Gasteiger partial charge in [0.2, 0.25) is 0 Å². The summed E-state index contributed by atoms with van der Waals surface area (Å²) in [5, 5.41) is 1.67. The molecule has 0 heterocycles. The van der Waals surface area contributed by atoms with Crippen molar-refractivity contribution in [1.82, 2.24) is 0 Å². The lowest BCUT2D eigenvalue weighted by Gasteiger charge is -2.16. The summed E-state index contributed by atoms with van der Waals surface area (Å²) in [7, 11) is 0. The maximum Gasteiger partial charge on any atom is 0.416 e. The van der Waals surface area contributed by atoms with Crippen LogP contribution in [0.15, 0.2) is 18.2 Å². The van der Waals surface area contributed by atoms with Crippen LogP contribution in [0.5, 0.6) is 0 Å². The van der Waals surface area contributed by atoms with Crippen molar-refractivity contribution in [2.24, 2.45) is 0 Å². The SMILES string of the molecule is O=C(Nc1cc(C(F)(F)F)cc(C(F)(F)F)c1)C(Cl)(Cl)Cl. The molecule has 1 N–H and O–H groups in total. The fraction of sp³-hybridized carbons (Fsp3) is 0.300. The number of anilines is 1. The number of benzene rings is 1. The van der Waals surface area contributed by atoms with E-state index in [1.165, 1.54) is 0 Å². The molecule has 21 heavy (non-hydrogen) atoms. The van der Waals surface area contributed by atoms with Crippen molar-refractivity contribution in [2.75, 3.05) is 5.32 Å². The van der Waals surface area contributed by atoms with Crippen LogP contribution < -0.4 is 5.32 Å². The van der Waals surface area contributed by atoms with E-state index in [4.69, 9.17) is 34.8 Å². The molecule has 0 aromatic heterocycles. The van der Waals surface area contributed by atoms with Gasteiger partial charge in [-0.05, 0) is 18.2 Å². The summed E-state index contributed by atoms with van der Waals surface area (Å²) in [6.07, 6.45) is -10.1. The molecule has 1 aromatic rings. The normalized spacial score (nSPS) is 13.2. The fourth-order valence-electron chi connectivity index (χ4n) is 1.23. The van der Waals surface area contributed by atoms with Crippen LogP contribution in [0.1, 0.15) is 11.1 Å². The number of carbonyl (C=O) groups is 1. The zero-order chi connectivity index (χ0) is 16.6. The first-order valence-electron chi connectivity index (χ1n) is 4.89. The number of rotatable bonds is 1. The van der Waals surface area contributed by atoms with E-state index in [9.17, 15) is 31.1 Å². The molecule has 0 aliphatic heterocycles. The smallest absolute Gasteiger partial charge is 0.322 e. The predicted molar refractivity (Wildman–Crippen MR) is 65.4 cm³/mol. The number of nitrogens with one attached hydrogen (secondary N) is 1. The van der Waals surface area contributed by atoms with Gasteiger partial charge in [0.05, 0.1) is 11.1 Å². The second-order valence-electron chi connectivity index (χ2n) is 3.75. The summed E-state index contributed by atoms with van der Waals surface area (Å²) in [6, 6.07) is 0.498. The largest absolute Gasteiger partial charge is 0.416 e. The molecule has 1 aromatic carbocycles. The average Bonchev–Trinajstić information content (AvgIpc) is 2.24. The Morgan fingerprint density at radius 2 is 1.24 bits per heavy atom. The molecule has 0 unspecified atom stereocenters. The molecule has 0 aliphatic carbocycles. The van der Waals surface area contributed by atoms with Gasteiger partial charge in [-0.15, -0.1) is 0 Å². The second kappa shape index (κ2) is 5.73. The van der Waals surface area contributed by atoms with Gasteiger partial charge < -0.3 is 5.32 Å². The van der Waals surface area contributed by atoms with Crippen LogP contribution in [0.2, 0.25) is 0 Å². The summed E-state index contributed by atoms with van der Waals surface area (Å²) in [4.78, 5) is 11.3. The average molecular weight is 374 g/mol. The van der Waals surface area contributed by atoms with Gasteiger partial charge >= 0.3 is 12.4 Å². The highest BCUT2D eigenvalue weighted by Crippen LogP contribution is 2.38. The van der Waals surface area contributed by atoms with Gasteiger partial charge in [-0.3, -0.25) is 4.79 Å². The molecule has 0 radical (unpaired) electrons. The Morgan fingerprint density at radius 3 is 1.52 bits per heavy atom. The summed E-state index contributed by atoms with van der Waals surface area (Å²) in [5.41, 5.74) is -4.00. The highest BCUT2D eigenvalue weighted by atomic mass is 35.6. The van der Waals surface area contributed by atoms with Crippen LogP contribution in [0.4, 0.5) is 32.0 Å². The highest BCUT2D eigenvalue weighted by molar-refractivity contribution is 6.76. The molecule has 0 atom stereocenters. The minimum atomic E-state index is -5.04. The van der Waals surface area contributed by atoms with E-state index in [-0.39, 0.29) is 6.07 Å². The first-order chi connectivity index (χ1) is 9.21. The molecule has 0 bridgehead atoms. The summed E-state index contributed by atoms with van der Waals surface area (Å²) < 4.78 is 72.8. The third-order valence-corrected chi connectivity index (χ3v) is 2.62. The predicted octanol–water partition coefficient (Wildman–Crippen LogP) is 5.03. The topological polar surface area (TPSA) is 29.1 Å². The van der Waals surface area contributed by atoms with Crippen molar-refractivity contribution in [1.29, 1.82) is 0 Å². The monoisotopic (exact) mass is 373 g/mol. The van der Waals surface area contributed by atoms with Crippen molar-refractivity contribution < 1.29 is 31.1 Å². The van der Waals surface area contributed by atoms with E-state index in [0.29, 0.717) is 12.1 Å². The van der Waals surface area contributed by atoms with Gasteiger partial charge in [-0.1, -0.05) is 34.8 Å². The fourth-order valence-corrected chi connectivity index (χ4v) is 1.37. The molecular weight excluding hydrogens is 370 g/mol. The maximum absolute atomic E-state index is 12.5. The number of hydrogen-bond acceptors (Lipinski definition) is 1. The Balaban J connectivity index is 3.30. The molecule has 118 valence electrons. The number of halogens is 9. The van der Waals surface area contributed by atoms with E-state index in [1.54, 1.807) is 5.32 Å². The third-order valence-electron chi connectivity index (χ3n) is 2.10. The molecule has 1 rings (SSSR count). The summed E-state index contributed by atoms with van der Waals surface area (Å²) in [5.74, 6) is -1.39. The van der Waals surface area contributed by atoms with Gasteiger partial charge in [-0.2, -0.15) is 26.3 Å². The maximum atomic E-state index is 12.5.